The molecule has 4 nitrogen and oxygen atoms in total. The van der Waals surface area contributed by atoms with Crippen LogP contribution in [0.5, 0.6) is 0 Å². The van der Waals surface area contributed by atoms with Crippen LogP contribution in [0.15, 0.2) is 46.9 Å². The van der Waals surface area contributed by atoms with Gasteiger partial charge in [0.05, 0.1) is 23.9 Å². The summed E-state index contributed by atoms with van der Waals surface area (Å²) in [4.78, 5) is 0.367. The first-order valence-corrected chi connectivity index (χ1v) is 9.99. The van der Waals surface area contributed by atoms with Crippen LogP contribution in [-0.4, -0.2) is 33.2 Å². The van der Waals surface area contributed by atoms with Crippen LogP contribution in [0.2, 0.25) is 0 Å². The van der Waals surface area contributed by atoms with Crippen LogP contribution in [-0.2, 0) is 19.3 Å². The van der Waals surface area contributed by atoms with Gasteiger partial charge in [-0.25, -0.2) is 8.42 Å². The third-order valence-electron chi connectivity index (χ3n) is 4.15. The molecule has 0 spiro atoms. The van der Waals surface area contributed by atoms with Crippen molar-refractivity contribution >= 4 is 9.84 Å². The summed E-state index contributed by atoms with van der Waals surface area (Å²) in [5.74, 6) is -0.535. The maximum Gasteiger partial charge on any atom is 0.182 e. The molecule has 1 fully saturated rings. The molecule has 1 aliphatic rings. The third-order valence-corrected chi connectivity index (χ3v) is 5.97. The molecular weight excluding hydrogens is 324 g/mol. The number of rotatable bonds is 6. The molecule has 24 heavy (non-hydrogen) atoms. The standard InChI is InChI=1S/C19H28O4S/c1-16(13-24(20,21)17-10-6-5-7-11-17)9-8-12-19(4)22-14-18(2,3)15-23-19/h5-7,9-11H,8,12-15H2,1-4H3. The maximum absolute atomic E-state index is 12.4. The van der Waals surface area contributed by atoms with E-state index in [1.807, 2.05) is 26.0 Å². The molecule has 0 unspecified atom stereocenters. The van der Waals surface area contributed by atoms with Crippen molar-refractivity contribution < 1.29 is 17.9 Å². The summed E-state index contributed by atoms with van der Waals surface area (Å²) in [6, 6.07) is 8.57. The van der Waals surface area contributed by atoms with Crippen molar-refractivity contribution in [3.63, 3.8) is 0 Å². The normalized spacial score (nSPS) is 20.8. The van der Waals surface area contributed by atoms with Gasteiger partial charge in [-0.05, 0) is 32.4 Å². The van der Waals surface area contributed by atoms with Crippen molar-refractivity contribution in [2.45, 2.75) is 51.2 Å². The minimum atomic E-state index is -3.28. The summed E-state index contributed by atoms with van der Waals surface area (Å²) in [5, 5.41) is 0. The largest absolute Gasteiger partial charge is 0.350 e. The van der Waals surface area contributed by atoms with Crippen molar-refractivity contribution in [3.8, 4) is 0 Å². The Bertz CT molecular complexity index is 665. The highest BCUT2D eigenvalue weighted by molar-refractivity contribution is 7.91. The van der Waals surface area contributed by atoms with Crippen LogP contribution in [0.3, 0.4) is 0 Å². The minimum Gasteiger partial charge on any atom is -0.350 e. The zero-order valence-electron chi connectivity index (χ0n) is 15.0. The Morgan fingerprint density at radius 1 is 1.12 bits per heavy atom. The first kappa shape index (κ1) is 19.2. The van der Waals surface area contributed by atoms with E-state index < -0.39 is 15.6 Å². The SMILES string of the molecule is CC(=CCCC1(C)OCC(C)(C)CO1)CS(=O)(=O)c1ccccc1. The summed E-state index contributed by atoms with van der Waals surface area (Å²) in [5.41, 5.74) is 0.897. The average molecular weight is 352 g/mol. The zero-order valence-corrected chi connectivity index (χ0v) is 15.9. The molecule has 2 rings (SSSR count). The first-order chi connectivity index (χ1) is 11.1. The molecule has 0 aromatic heterocycles. The molecular formula is C19H28O4S. The lowest BCUT2D eigenvalue weighted by Crippen LogP contribution is -2.45. The second-order valence-electron chi connectivity index (χ2n) is 7.54. The van der Waals surface area contributed by atoms with Crippen LogP contribution in [0.25, 0.3) is 0 Å². The first-order valence-electron chi connectivity index (χ1n) is 8.33. The predicted molar refractivity (Wildman–Crippen MR) is 95.6 cm³/mol. The lowest BCUT2D eigenvalue weighted by molar-refractivity contribution is -0.291. The zero-order chi connectivity index (χ0) is 17.8. The summed E-state index contributed by atoms with van der Waals surface area (Å²) in [7, 11) is -3.28. The lowest BCUT2D eigenvalue weighted by atomic mass is 9.94. The second kappa shape index (κ2) is 7.38. The molecule has 134 valence electrons. The van der Waals surface area contributed by atoms with Crippen molar-refractivity contribution in [3.05, 3.63) is 42.0 Å². The topological polar surface area (TPSA) is 52.6 Å². The number of sulfone groups is 1. The number of benzene rings is 1. The highest BCUT2D eigenvalue weighted by Crippen LogP contribution is 2.32. The Morgan fingerprint density at radius 2 is 1.71 bits per heavy atom. The molecule has 1 aromatic rings. The van der Waals surface area contributed by atoms with Crippen LogP contribution < -0.4 is 0 Å². The van der Waals surface area contributed by atoms with Crippen molar-refractivity contribution in [2.24, 2.45) is 5.41 Å². The molecule has 1 aliphatic heterocycles. The third kappa shape index (κ3) is 5.43. The Morgan fingerprint density at radius 3 is 2.29 bits per heavy atom. The second-order valence-corrected chi connectivity index (χ2v) is 9.53. The fourth-order valence-corrected chi connectivity index (χ4v) is 4.03. The molecule has 0 amide bonds. The molecule has 0 bridgehead atoms. The Labute approximate surface area is 145 Å². The summed E-state index contributed by atoms with van der Waals surface area (Å²) in [6.45, 7) is 9.39. The highest BCUT2D eigenvalue weighted by Gasteiger charge is 2.36. The van der Waals surface area contributed by atoms with Gasteiger partial charge in [0, 0.05) is 11.8 Å². The molecule has 1 heterocycles. The van der Waals surface area contributed by atoms with Crippen LogP contribution >= 0.6 is 0 Å². The quantitative estimate of drug-likeness (QED) is 0.727. The van der Waals surface area contributed by atoms with Gasteiger partial charge in [0.15, 0.2) is 15.6 Å². The highest BCUT2D eigenvalue weighted by atomic mass is 32.2. The van der Waals surface area contributed by atoms with Crippen LogP contribution in [0.1, 0.15) is 40.5 Å². The Hall–Kier alpha value is -1.17. The smallest absolute Gasteiger partial charge is 0.182 e. The van der Waals surface area contributed by atoms with E-state index in [2.05, 4.69) is 13.8 Å². The molecule has 0 aliphatic carbocycles. The van der Waals surface area contributed by atoms with Crippen molar-refractivity contribution in [2.75, 3.05) is 19.0 Å². The fraction of sp³-hybridized carbons (Fsp3) is 0.579. The monoisotopic (exact) mass is 352 g/mol. The van der Waals surface area contributed by atoms with E-state index in [0.717, 1.165) is 12.0 Å². The Balaban J connectivity index is 1.88. The lowest BCUT2D eigenvalue weighted by Gasteiger charge is -2.41. The van der Waals surface area contributed by atoms with E-state index in [-0.39, 0.29) is 11.2 Å². The van der Waals surface area contributed by atoms with E-state index in [0.29, 0.717) is 24.5 Å². The van der Waals surface area contributed by atoms with E-state index >= 15 is 0 Å². The van der Waals surface area contributed by atoms with Gasteiger partial charge < -0.3 is 9.47 Å². The summed E-state index contributed by atoms with van der Waals surface area (Å²) < 4.78 is 36.4. The van der Waals surface area contributed by atoms with E-state index in [1.165, 1.54) is 0 Å². The van der Waals surface area contributed by atoms with Crippen LogP contribution in [0, 0.1) is 5.41 Å². The molecule has 1 saturated heterocycles. The van der Waals surface area contributed by atoms with E-state index in [4.69, 9.17) is 9.47 Å². The van der Waals surface area contributed by atoms with E-state index in [9.17, 15) is 8.42 Å². The number of hydrogen-bond donors (Lipinski definition) is 0. The van der Waals surface area contributed by atoms with Crippen LogP contribution in [0.4, 0.5) is 0 Å². The summed E-state index contributed by atoms with van der Waals surface area (Å²) >= 11 is 0. The van der Waals surface area contributed by atoms with Gasteiger partial charge in [-0.1, -0.05) is 43.7 Å². The maximum atomic E-state index is 12.4. The number of hydrogen-bond acceptors (Lipinski definition) is 4. The van der Waals surface area contributed by atoms with Gasteiger partial charge in [0.2, 0.25) is 0 Å². The van der Waals surface area contributed by atoms with E-state index in [1.54, 1.807) is 24.3 Å². The molecule has 0 atom stereocenters. The van der Waals surface area contributed by atoms with Gasteiger partial charge in [-0.15, -0.1) is 0 Å². The molecule has 1 aromatic carbocycles. The van der Waals surface area contributed by atoms with Gasteiger partial charge in [0.1, 0.15) is 0 Å². The van der Waals surface area contributed by atoms with Crippen molar-refractivity contribution in [1.29, 1.82) is 0 Å². The van der Waals surface area contributed by atoms with Gasteiger partial charge in [-0.2, -0.15) is 0 Å². The molecule has 0 N–H and O–H groups in total. The van der Waals surface area contributed by atoms with Gasteiger partial charge in [-0.3, -0.25) is 0 Å². The summed E-state index contributed by atoms with van der Waals surface area (Å²) in [6.07, 6.45) is 3.41. The van der Waals surface area contributed by atoms with Gasteiger partial charge >= 0.3 is 0 Å². The Kier molecular flexibility index (Phi) is 5.89. The average Bonchev–Trinajstić information content (AvgIpc) is 2.51. The number of allylic oxidation sites excluding steroid dienone is 1. The molecule has 5 heteroatoms. The molecule has 0 saturated carbocycles. The predicted octanol–water partition coefficient (Wildman–Crippen LogP) is 3.98. The van der Waals surface area contributed by atoms with Crippen molar-refractivity contribution in [1.82, 2.24) is 0 Å². The minimum absolute atomic E-state index is 0.0441. The fourth-order valence-electron chi connectivity index (χ4n) is 2.57. The molecule has 0 radical (unpaired) electrons. The number of ether oxygens (including phenoxy) is 2. The van der Waals surface area contributed by atoms with Gasteiger partial charge in [0.25, 0.3) is 0 Å².